The Hall–Kier alpha value is -4.69. The number of carboxylic acids is 4. The molecular weight excluding hydrogens is 576 g/mol. The molecule has 4 aromatic rings. The number of hydrogen-bond donors (Lipinski definition) is 8. The van der Waals surface area contributed by atoms with Crippen molar-refractivity contribution in [3.63, 3.8) is 0 Å². The van der Waals surface area contributed by atoms with Crippen LogP contribution < -0.4 is 0 Å². The summed E-state index contributed by atoms with van der Waals surface area (Å²) in [5.74, 6) is -3.52. The zero-order valence-corrected chi connectivity index (χ0v) is 22.8. The van der Waals surface area contributed by atoms with Crippen LogP contribution in [0.25, 0.3) is 0 Å². The Bertz CT molecular complexity index is 1110. The van der Waals surface area contributed by atoms with Gasteiger partial charge in [-0.1, -0.05) is 72.8 Å². The molecule has 216 valence electrons. The minimum atomic E-state index is -5.00. The van der Waals surface area contributed by atoms with E-state index in [2.05, 4.69) is 0 Å². The minimum absolute atomic E-state index is 0.331. The van der Waals surface area contributed by atoms with Gasteiger partial charge in [-0.3, -0.25) is 0 Å². The molecule has 0 saturated heterocycles. The van der Waals surface area contributed by atoms with E-state index in [4.69, 9.17) is 35.2 Å². The Labute approximate surface area is 239 Å². The Morgan fingerprint density at radius 1 is 0.341 bits per heavy atom. The molecule has 0 radical (unpaired) electrons. The molecule has 12 nitrogen and oxygen atoms in total. The number of rotatable bonds is 4. The average molecular weight is 604 g/mol. The van der Waals surface area contributed by atoms with Gasteiger partial charge in [0.2, 0.25) is 0 Å². The van der Waals surface area contributed by atoms with E-state index in [0.717, 1.165) is 0 Å². The molecule has 0 atom stereocenters. The molecule has 0 bridgehead atoms. The van der Waals surface area contributed by atoms with Crippen LogP contribution >= 0.6 is 0 Å². The van der Waals surface area contributed by atoms with Crippen LogP contribution in [0.4, 0.5) is 0 Å². The first-order valence-electron chi connectivity index (χ1n) is 11.2. The van der Waals surface area contributed by atoms with E-state index in [9.17, 15) is 19.2 Å². The maximum atomic E-state index is 10.2. The SMILES string of the molecule is O=C(O)c1ccccc1.O=C(O)c1ccccc1.O=C(O)c1ccccc1.O=C(O)c1ccccc1.[OH][Ti]([OH])([OH])[OH]. The van der Waals surface area contributed by atoms with Crippen LogP contribution in [0.15, 0.2) is 121 Å². The van der Waals surface area contributed by atoms with Crippen molar-refractivity contribution < 1.29 is 72.5 Å². The zero-order chi connectivity index (χ0) is 31.3. The summed E-state index contributed by atoms with van der Waals surface area (Å²) in [6, 6.07) is 33.2. The summed E-state index contributed by atoms with van der Waals surface area (Å²) in [5, 5.41) is 33.5. The fraction of sp³-hybridized carbons (Fsp3) is 0. The number of carbonyl (C=O) groups is 4. The third kappa shape index (κ3) is 20.9. The molecule has 0 heterocycles. The second-order valence-corrected chi connectivity index (χ2v) is 9.16. The van der Waals surface area contributed by atoms with Crippen LogP contribution in [-0.2, 0) is 18.1 Å². The van der Waals surface area contributed by atoms with Crippen LogP contribution in [0.3, 0.4) is 0 Å². The molecule has 0 aliphatic rings. The van der Waals surface area contributed by atoms with Crippen molar-refractivity contribution in [2.45, 2.75) is 0 Å². The topological polar surface area (TPSA) is 230 Å². The van der Waals surface area contributed by atoms with Crippen molar-refractivity contribution in [1.29, 1.82) is 0 Å². The van der Waals surface area contributed by atoms with Gasteiger partial charge in [-0.05, 0) is 48.5 Å². The molecule has 0 aromatic heterocycles. The van der Waals surface area contributed by atoms with Gasteiger partial charge >= 0.3 is 56.8 Å². The van der Waals surface area contributed by atoms with Crippen molar-refractivity contribution >= 4 is 23.9 Å². The molecule has 13 heteroatoms. The monoisotopic (exact) mass is 604 g/mol. The van der Waals surface area contributed by atoms with Gasteiger partial charge in [-0.15, -0.1) is 0 Å². The summed E-state index contributed by atoms with van der Waals surface area (Å²) < 4.78 is 29.5. The van der Waals surface area contributed by atoms with Gasteiger partial charge in [0.1, 0.15) is 0 Å². The maximum absolute atomic E-state index is 10.2. The molecule has 0 spiro atoms. The van der Waals surface area contributed by atoms with Crippen molar-refractivity contribution in [2.75, 3.05) is 0 Å². The quantitative estimate of drug-likeness (QED) is 0.157. The number of carboxylic acid groups (broad SMARTS) is 4. The zero-order valence-electron chi connectivity index (χ0n) is 21.3. The summed E-state index contributed by atoms with van der Waals surface area (Å²) >= 11 is -5.00. The fourth-order valence-electron chi connectivity index (χ4n) is 2.32. The summed E-state index contributed by atoms with van der Waals surface area (Å²) in [4.78, 5) is 40.8. The summed E-state index contributed by atoms with van der Waals surface area (Å²) in [5.41, 5.74) is 1.32. The Morgan fingerprint density at radius 3 is 0.537 bits per heavy atom. The second kappa shape index (κ2) is 20.3. The van der Waals surface area contributed by atoms with Crippen LogP contribution in [0.2, 0.25) is 0 Å². The van der Waals surface area contributed by atoms with Crippen molar-refractivity contribution in [3.05, 3.63) is 144 Å². The van der Waals surface area contributed by atoms with Gasteiger partial charge in [0.05, 0.1) is 22.3 Å². The molecule has 0 amide bonds. The van der Waals surface area contributed by atoms with Crippen molar-refractivity contribution in [2.24, 2.45) is 0 Å². The van der Waals surface area contributed by atoms with Gasteiger partial charge in [-0.2, -0.15) is 0 Å². The predicted molar refractivity (Wildman–Crippen MR) is 142 cm³/mol. The second-order valence-electron chi connectivity index (χ2n) is 7.28. The molecule has 0 unspecified atom stereocenters. The van der Waals surface area contributed by atoms with E-state index >= 15 is 0 Å². The molecular formula is C28H28O12Ti. The first kappa shape index (κ1) is 36.3. The first-order chi connectivity index (χ1) is 19.2. The number of benzene rings is 4. The van der Waals surface area contributed by atoms with Gasteiger partial charge in [0.15, 0.2) is 0 Å². The third-order valence-electron chi connectivity index (χ3n) is 4.08. The van der Waals surface area contributed by atoms with E-state index in [1.54, 1.807) is 121 Å². The summed E-state index contributed by atoms with van der Waals surface area (Å²) in [6.45, 7) is 0. The van der Waals surface area contributed by atoms with E-state index < -0.39 is 42.0 Å². The predicted octanol–water partition coefficient (Wildman–Crippen LogP) is 3.31. The first-order valence-corrected chi connectivity index (χ1v) is 14.0. The van der Waals surface area contributed by atoms with Gasteiger partial charge in [0, 0.05) is 0 Å². The summed E-state index contributed by atoms with van der Waals surface area (Å²) in [7, 11) is 0. The van der Waals surface area contributed by atoms with E-state index in [-0.39, 0.29) is 0 Å². The van der Waals surface area contributed by atoms with Crippen molar-refractivity contribution in [1.82, 2.24) is 0 Å². The molecule has 0 saturated carbocycles. The molecule has 0 fully saturated rings. The molecule has 41 heavy (non-hydrogen) atoms. The standard InChI is InChI=1S/4C7H6O2.4H2O.Ti/c4*8-7(9)6-4-2-1-3-5-6;;;;;/h4*1-5H,(H,8,9);4*1H2;/q;;;;;;;;+4/p-4. The molecule has 0 aliphatic heterocycles. The van der Waals surface area contributed by atoms with E-state index in [0.29, 0.717) is 22.3 Å². The third-order valence-corrected chi connectivity index (χ3v) is 4.08. The van der Waals surface area contributed by atoms with Gasteiger partial charge in [0.25, 0.3) is 0 Å². The van der Waals surface area contributed by atoms with Crippen LogP contribution in [-0.4, -0.2) is 59.1 Å². The molecule has 4 rings (SSSR count). The molecule has 0 aliphatic carbocycles. The molecule has 8 N–H and O–H groups in total. The van der Waals surface area contributed by atoms with Gasteiger partial charge in [-0.25, -0.2) is 19.2 Å². The molecule has 4 aromatic carbocycles. The number of aromatic carboxylic acids is 4. The van der Waals surface area contributed by atoms with Crippen molar-refractivity contribution in [3.8, 4) is 0 Å². The van der Waals surface area contributed by atoms with E-state index in [1.807, 2.05) is 0 Å². The van der Waals surface area contributed by atoms with E-state index in [1.165, 1.54) is 0 Å². The Kier molecular flexibility index (Phi) is 17.9. The normalized spacial score (nSPS) is 9.27. The van der Waals surface area contributed by atoms with Crippen LogP contribution in [0.5, 0.6) is 0 Å². The van der Waals surface area contributed by atoms with Gasteiger partial charge < -0.3 is 20.4 Å². The van der Waals surface area contributed by atoms with Crippen LogP contribution in [0.1, 0.15) is 41.4 Å². The Morgan fingerprint density at radius 2 is 0.463 bits per heavy atom. The average Bonchev–Trinajstić information content (AvgIpc) is 2.95. The van der Waals surface area contributed by atoms with Crippen LogP contribution in [0, 0.1) is 0 Å². The summed E-state index contributed by atoms with van der Waals surface area (Å²) in [6.07, 6.45) is 0. The Balaban J connectivity index is 0.000000494. The number of hydrogen-bond acceptors (Lipinski definition) is 8. The fourth-order valence-corrected chi connectivity index (χ4v) is 2.32.